The lowest BCUT2D eigenvalue weighted by atomic mass is 10.2. The highest BCUT2D eigenvalue weighted by molar-refractivity contribution is 6.42. The van der Waals surface area contributed by atoms with Crippen LogP contribution in [-0.2, 0) is 4.79 Å². The molecule has 1 heterocycles. The van der Waals surface area contributed by atoms with Gasteiger partial charge < -0.3 is 10.5 Å². The molecule has 0 unspecified atom stereocenters. The third-order valence-corrected chi connectivity index (χ3v) is 2.26. The Morgan fingerprint density at radius 1 is 1.16 bits per heavy atom. The van der Waals surface area contributed by atoms with Crippen LogP contribution < -0.4 is 10.5 Å². The summed E-state index contributed by atoms with van der Waals surface area (Å²) >= 11 is 0. The Morgan fingerprint density at radius 3 is 2.47 bits per heavy atom. The lowest BCUT2D eigenvalue weighted by molar-refractivity contribution is -0.114. The molecule has 19 heavy (non-hydrogen) atoms. The normalized spacial score (nSPS) is 9.95. The maximum Gasteiger partial charge on any atom is 0.289 e. The van der Waals surface area contributed by atoms with Crippen LogP contribution in [0.25, 0.3) is 0 Å². The second kappa shape index (κ2) is 5.26. The number of Topliss-reactive ketones (excluding diaryl/α,β-unsaturated/α-hetero) is 1. The van der Waals surface area contributed by atoms with Gasteiger partial charge in [0.25, 0.3) is 5.91 Å². The lowest BCUT2D eigenvalue weighted by Crippen LogP contribution is -2.23. The van der Waals surface area contributed by atoms with E-state index in [0.717, 1.165) is 0 Å². The van der Waals surface area contributed by atoms with E-state index in [2.05, 4.69) is 4.98 Å². The number of nitrogens with two attached hydrogens (primary N) is 1. The van der Waals surface area contributed by atoms with Crippen molar-refractivity contribution < 1.29 is 18.7 Å². The Labute approximate surface area is 107 Å². The molecule has 0 fully saturated rings. The highest BCUT2D eigenvalue weighted by Gasteiger charge is 2.13. The number of nitrogens with zero attached hydrogens (tertiary/aromatic N) is 1. The largest absolute Gasteiger partial charge is 0.439 e. The molecule has 1 aromatic carbocycles. The first-order valence-electron chi connectivity index (χ1n) is 5.30. The van der Waals surface area contributed by atoms with Gasteiger partial charge in [0.15, 0.2) is 0 Å². The number of rotatable bonds is 4. The topological polar surface area (TPSA) is 82.3 Å². The minimum absolute atomic E-state index is 0.0830. The number of halogens is 1. The van der Waals surface area contributed by atoms with Crippen LogP contribution in [0.3, 0.4) is 0 Å². The van der Waals surface area contributed by atoms with Crippen LogP contribution in [0, 0.1) is 5.82 Å². The van der Waals surface area contributed by atoms with E-state index in [-0.39, 0.29) is 11.4 Å². The van der Waals surface area contributed by atoms with E-state index in [4.69, 9.17) is 10.5 Å². The van der Waals surface area contributed by atoms with Crippen molar-refractivity contribution in [2.75, 3.05) is 0 Å². The fourth-order valence-corrected chi connectivity index (χ4v) is 1.37. The first-order valence-corrected chi connectivity index (χ1v) is 5.30. The van der Waals surface area contributed by atoms with E-state index in [0.29, 0.717) is 5.75 Å². The van der Waals surface area contributed by atoms with Gasteiger partial charge in [-0.05, 0) is 30.3 Å². The first-order chi connectivity index (χ1) is 9.06. The molecule has 2 N–H and O–H groups in total. The molecular formula is C13H9FN2O3. The minimum Gasteiger partial charge on any atom is -0.439 e. The summed E-state index contributed by atoms with van der Waals surface area (Å²) in [6, 6.07) is 7.93. The number of ketones is 1. The summed E-state index contributed by atoms with van der Waals surface area (Å²) in [5, 5.41) is 0. The molecule has 6 heteroatoms. The van der Waals surface area contributed by atoms with Gasteiger partial charge in [-0.2, -0.15) is 0 Å². The van der Waals surface area contributed by atoms with E-state index >= 15 is 0 Å². The molecule has 0 saturated heterocycles. The Kier molecular flexibility index (Phi) is 3.51. The van der Waals surface area contributed by atoms with E-state index in [1.807, 2.05) is 0 Å². The molecule has 0 bridgehead atoms. The van der Waals surface area contributed by atoms with Crippen molar-refractivity contribution in [3.63, 3.8) is 0 Å². The zero-order valence-corrected chi connectivity index (χ0v) is 9.67. The maximum absolute atomic E-state index is 12.7. The average Bonchev–Trinajstić information content (AvgIpc) is 2.41. The minimum atomic E-state index is -1.06. The SMILES string of the molecule is NC(=O)C(=O)c1ccnc(Oc2ccc(F)cc2)c1. The van der Waals surface area contributed by atoms with Crippen molar-refractivity contribution in [2.45, 2.75) is 0 Å². The van der Waals surface area contributed by atoms with E-state index in [9.17, 15) is 14.0 Å². The number of amides is 1. The predicted molar refractivity (Wildman–Crippen MR) is 64.2 cm³/mol. The van der Waals surface area contributed by atoms with Crippen LogP contribution in [0.5, 0.6) is 11.6 Å². The van der Waals surface area contributed by atoms with E-state index in [1.54, 1.807) is 0 Å². The highest BCUT2D eigenvalue weighted by atomic mass is 19.1. The third-order valence-electron chi connectivity index (χ3n) is 2.26. The molecule has 1 amide bonds. The predicted octanol–water partition coefficient (Wildman–Crippen LogP) is 1.68. The van der Waals surface area contributed by atoms with E-state index < -0.39 is 17.5 Å². The molecule has 1 aromatic heterocycles. The van der Waals surface area contributed by atoms with Gasteiger partial charge in [0.2, 0.25) is 11.7 Å². The summed E-state index contributed by atoms with van der Waals surface area (Å²) < 4.78 is 18.0. The van der Waals surface area contributed by atoms with Crippen molar-refractivity contribution in [3.8, 4) is 11.6 Å². The second-order valence-corrected chi connectivity index (χ2v) is 3.63. The van der Waals surface area contributed by atoms with Crippen LogP contribution in [0.2, 0.25) is 0 Å². The molecule has 0 spiro atoms. The van der Waals surface area contributed by atoms with Crippen LogP contribution in [-0.4, -0.2) is 16.7 Å². The molecule has 0 aliphatic carbocycles. The summed E-state index contributed by atoms with van der Waals surface area (Å²) in [4.78, 5) is 26.0. The van der Waals surface area contributed by atoms with Gasteiger partial charge >= 0.3 is 0 Å². The standard InChI is InChI=1S/C13H9FN2O3/c14-9-1-3-10(4-2-9)19-11-7-8(5-6-16-11)12(17)13(15)18/h1-7H,(H2,15,18). The highest BCUT2D eigenvalue weighted by Crippen LogP contribution is 2.20. The molecule has 2 aromatic rings. The van der Waals surface area contributed by atoms with Crippen LogP contribution in [0.4, 0.5) is 4.39 Å². The first kappa shape index (κ1) is 12.7. The van der Waals surface area contributed by atoms with Crippen LogP contribution in [0.15, 0.2) is 42.6 Å². The maximum atomic E-state index is 12.7. The van der Waals surface area contributed by atoms with Gasteiger partial charge in [0.1, 0.15) is 11.6 Å². The Hall–Kier alpha value is -2.76. The van der Waals surface area contributed by atoms with E-state index in [1.165, 1.54) is 42.6 Å². The smallest absolute Gasteiger partial charge is 0.289 e. The third kappa shape index (κ3) is 3.12. The summed E-state index contributed by atoms with van der Waals surface area (Å²) in [7, 11) is 0. The van der Waals surface area contributed by atoms with Gasteiger partial charge in [-0.3, -0.25) is 9.59 Å². The molecule has 0 aliphatic heterocycles. The van der Waals surface area contributed by atoms with Gasteiger partial charge in [0.05, 0.1) is 0 Å². The van der Waals surface area contributed by atoms with Gasteiger partial charge in [0, 0.05) is 17.8 Å². The number of carbonyl (C=O) groups is 2. The van der Waals surface area contributed by atoms with Crippen LogP contribution in [0.1, 0.15) is 10.4 Å². The number of benzene rings is 1. The number of hydrogen-bond donors (Lipinski definition) is 1. The van der Waals surface area contributed by atoms with Gasteiger partial charge in [-0.15, -0.1) is 0 Å². The number of hydrogen-bond acceptors (Lipinski definition) is 4. The number of primary amides is 1. The molecule has 0 aliphatic rings. The molecule has 5 nitrogen and oxygen atoms in total. The zero-order chi connectivity index (χ0) is 13.8. The quantitative estimate of drug-likeness (QED) is 0.669. The second-order valence-electron chi connectivity index (χ2n) is 3.63. The summed E-state index contributed by atoms with van der Waals surface area (Å²) in [5.41, 5.74) is 4.98. The molecule has 2 rings (SSSR count). The molecular weight excluding hydrogens is 251 g/mol. The number of pyridine rings is 1. The Bertz CT molecular complexity index is 626. The summed E-state index contributed by atoms with van der Waals surface area (Å²) in [6.07, 6.45) is 1.31. The van der Waals surface area contributed by atoms with Crippen molar-refractivity contribution in [1.82, 2.24) is 4.98 Å². The lowest BCUT2D eigenvalue weighted by Gasteiger charge is -2.05. The monoisotopic (exact) mass is 260 g/mol. The Morgan fingerprint density at radius 2 is 1.84 bits per heavy atom. The van der Waals surface area contributed by atoms with Gasteiger partial charge in [-0.25, -0.2) is 9.37 Å². The molecule has 0 atom stereocenters. The van der Waals surface area contributed by atoms with Gasteiger partial charge in [-0.1, -0.05) is 0 Å². The number of aromatic nitrogens is 1. The fourth-order valence-electron chi connectivity index (χ4n) is 1.37. The summed E-state index contributed by atoms with van der Waals surface area (Å²) in [6.45, 7) is 0. The van der Waals surface area contributed by atoms with Crippen molar-refractivity contribution in [1.29, 1.82) is 0 Å². The number of carbonyl (C=O) groups excluding carboxylic acids is 2. The van der Waals surface area contributed by atoms with Crippen molar-refractivity contribution >= 4 is 11.7 Å². The average molecular weight is 260 g/mol. The molecule has 0 saturated carbocycles. The molecule has 0 radical (unpaired) electrons. The summed E-state index contributed by atoms with van der Waals surface area (Å²) in [5.74, 6) is -1.81. The zero-order valence-electron chi connectivity index (χ0n) is 9.67. The van der Waals surface area contributed by atoms with Crippen LogP contribution >= 0.6 is 0 Å². The van der Waals surface area contributed by atoms with Crippen molar-refractivity contribution in [3.05, 3.63) is 54.0 Å². The number of ether oxygens (including phenoxy) is 1. The fraction of sp³-hybridized carbons (Fsp3) is 0. The van der Waals surface area contributed by atoms with Crippen molar-refractivity contribution in [2.24, 2.45) is 5.73 Å². The molecule has 96 valence electrons. The Balaban J connectivity index is 2.22.